The molecule has 3 atom stereocenters. The van der Waals surface area contributed by atoms with E-state index in [1.165, 1.54) is 19.3 Å². The summed E-state index contributed by atoms with van der Waals surface area (Å²) in [5.41, 5.74) is 0. The van der Waals surface area contributed by atoms with Crippen molar-refractivity contribution < 1.29 is 34.2 Å². The molecule has 0 saturated carbocycles. The topological polar surface area (TPSA) is 112 Å². The van der Waals surface area contributed by atoms with Crippen LogP contribution in [0, 0.1) is 17.8 Å². The lowest BCUT2D eigenvalue weighted by Gasteiger charge is -2.40. The van der Waals surface area contributed by atoms with Gasteiger partial charge in [-0.1, -0.05) is 52.2 Å². The van der Waals surface area contributed by atoms with Crippen molar-refractivity contribution >= 4 is 17.9 Å². The summed E-state index contributed by atoms with van der Waals surface area (Å²) in [6.45, 7) is 9.87. The number of carbonyl (C=O) groups is 3. The van der Waals surface area contributed by atoms with Crippen molar-refractivity contribution in [2.24, 2.45) is 17.8 Å². The van der Waals surface area contributed by atoms with Crippen molar-refractivity contribution in [3.63, 3.8) is 0 Å². The fraction of sp³-hybridized carbons (Fsp3) is 0.808. The Morgan fingerprint density at radius 1 is 0.636 bits per heavy atom. The average Bonchev–Trinajstić information content (AvgIpc) is 2.77. The minimum absolute atomic E-state index is 0.478. The SMILES string of the molecule is C/C=C/CCCCCCCC[N+](CCC(C)C(=O)O)(CCC(C)C(=O)O)CCC(C)C(=O)O. The van der Waals surface area contributed by atoms with E-state index in [1.807, 2.05) is 6.92 Å². The van der Waals surface area contributed by atoms with Crippen LogP contribution in [0.1, 0.15) is 91.9 Å². The lowest BCUT2D eigenvalue weighted by atomic mass is 10.0. The van der Waals surface area contributed by atoms with Gasteiger partial charge in [-0.2, -0.15) is 0 Å². The van der Waals surface area contributed by atoms with E-state index in [4.69, 9.17) is 0 Å². The fourth-order valence-electron chi connectivity index (χ4n) is 4.03. The lowest BCUT2D eigenvalue weighted by molar-refractivity contribution is -0.929. The maximum atomic E-state index is 11.4. The number of hydrogen-bond acceptors (Lipinski definition) is 3. The molecule has 7 heteroatoms. The summed E-state index contributed by atoms with van der Waals surface area (Å²) < 4.78 is 0.605. The highest BCUT2D eigenvalue weighted by Gasteiger charge is 2.31. The van der Waals surface area contributed by atoms with Gasteiger partial charge in [-0.3, -0.25) is 14.4 Å². The molecule has 0 saturated heterocycles. The molecule has 0 radical (unpaired) electrons. The van der Waals surface area contributed by atoms with Crippen LogP contribution in [0.2, 0.25) is 0 Å². The second kappa shape index (κ2) is 17.6. The summed E-state index contributed by atoms with van der Waals surface area (Å²) in [6.07, 6.45) is 13.7. The number of aliphatic carboxylic acids is 3. The second-order valence-electron chi connectivity index (χ2n) is 9.80. The summed E-state index contributed by atoms with van der Waals surface area (Å²) >= 11 is 0. The average molecular weight is 471 g/mol. The van der Waals surface area contributed by atoms with Gasteiger partial charge in [0.25, 0.3) is 0 Å². The summed E-state index contributed by atoms with van der Waals surface area (Å²) in [5.74, 6) is -3.92. The number of nitrogens with zero attached hydrogens (tertiary/aromatic N) is 1. The van der Waals surface area contributed by atoms with Gasteiger partial charge in [-0.15, -0.1) is 0 Å². The molecular formula is C26H48NO6+. The summed E-state index contributed by atoms with van der Waals surface area (Å²) in [5, 5.41) is 28.0. The van der Waals surface area contributed by atoms with Crippen LogP contribution in [0.5, 0.6) is 0 Å². The molecule has 0 heterocycles. The predicted octanol–water partition coefficient (Wildman–Crippen LogP) is 5.44. The highest BCUT2D eigenvalue weighted by atomic mass is 16.4. The lowest BCUT2D eigenvalue weighted by Crippen LogP contribution is -2.52. The number of rotatable bonds is 21. The third-order valence-electron chi connectivity index (χ3n) is 6.86. The Kier molecular flexibility index (Phi) is 16.6. The van der Waals surface area contributed by atoms with E-state index in [0.717, 1.165) is 32.2 Å². The largest absolute Gasteiger partial charge is 0.481 e. The smallest absolute Gasteiger partial charge is 0.306 e. The van der Waals surface area contributed by atoms with E-state index in [0.29, 0.717) is 43.4 Å². The molecule has 0 fully saturated rings. The van der Waals surface area contributed by atoms with Gasteiger partial charge in [-0.05, 0) is 32.6 Å². The number of allylic oxidation sites excluding steroid dienone is 2. The zero-order valence-electron chi connectivity index (χ0n) is 21.3. The number of hydrogen-bond donors (Lipinski definition) is 3. The Morgan fingerprint density at radius 2 is 1.00 bits per heavy atom. The number of unbranched alkanes of at least 4 members (excludes halogenated alkanes) is 6. The molecule has 0 aromatic rings. The standard InChI is InChI=1S/C26H47NO6/c1-5-6-7-8-9-10-11-12-13-17-27(18-14-21(2)24(28)29,19-15-22(3)25(30)31)20-16-23(4)26(32)33/h5-6,21-23H,7-20H2,1-4H3,(H2-,28,29,30,31,32,33)/p+1/b6-5+. The van der Waals surface area contributed by atoms with Crippen molar-refractivity contribution in [3.05, 3.63) is 12.2 Å². The molecule has 33 heavy (non-hydrogen) atoms. The van der Waals surface area contributed by atoms with Gasteiger partial charge in [-0.25, -0.2) is 0 Å². The highest BCUT2D eigenvalue weighted by Crippen LogP contribution is 2.21. The van der Waals surface area contributed by atoms with E-state index < -0.39 is 35.7 Å². The number of carboxylic acids is 3. The first-order chi connectivity index (χ1) is 15.5. The fourth-order valence-corrected chi connectivity index (χ4v) is 4.03. The molecule has 0 aromatic carbocycles. The van der Waals surface area contributed by atoms with Gasteiger partial charge in [0.1, 0.15) is 0 Å². The first kappa shape index (κ1) is 31.1. The third-order valence-corrected chi connectivity index (χ3v) is 6.86. The van der Waals surface area contributed by atoms with Crippen molar-refractivity contribution in [1.82, 2.24) is 0 Å². The van der Waals surface area contributed by atoms with Crippen LogP contribution in [0.4, 0.5) is 0 Å². The van der Waals surface area contributed by atoms with Crippen LogP contribution >= 0.6 is 0 Å². The van der Waals surface area contributed by atoms with E-state index in [1.54, 1.807) is 20.8 Å². The first-order valence-corrected chi connectivity index (χ1v) is 12.7. The van der Waals surface area contributed by atoms with Gasteiger partial charge in [0.2, 0.25) is 0 Å². The Labute approximate surface area is 200 Å². The van der Waals surface area contributed by atoms with Crippen LogP contribution in [0.3, 0.4) is 0 Å². The minimum Gasteiger partial charge on any atom is -0.481 e. The van der Waals surface area contributed by atoms with E-state index in [-0.39, 0.29) is 0 Å². The molecule has 192 valence electrons. The molecule has 0 spiro atoms. The second-order valence-corrected chi connectivity index (χ2v) is 9.80. The van der Waals surface area contributed by atoms with Crippen molar-refractivity contribution in [2.45, 2.75) is 91.9 Å². The van der Waals surface area contributed by atoms with Crippen LogP contribution in [-0.2, 0) is 14.4 Å². The molecule has 0 aliphatic carbocycles. The molecule has 3 unspecified atom stereocenters. The number of quaternary nitrogens is 1. The molecule has 0 aliphatic rings. The summed E-state index contributed by atoms with van der Waals surface area (Å²) in [4.78, 5) is 34.2. The molecule has 3 N–H and O–H groups in total. The molecule has 0 aromatic heterocycles. The predicted molar refractivity (Wildman–Crippen MR) is 131 cm³/mol. The summed E-state index contributed by atoms with van der Waals surface area (Å²) in [7, 11) is 0. The third kappa shape index (κ3) is 14.8. The quantitative estimate of drug-likeness (QED) is 0.117. The molecule has 0 amide bonds. The van der Waals surface area contributed by atoms with Crippen molar-refractivity contribution in [2.75, 3.05) is 26.2 Å². The Balaban J connectivity index is 5.14. The number of carboxylic acid groups (broad SMARTS) is 3. The maximum absolute atomic E-state index is 11.4. The zero-order valence-corrected chi connectivity index (χ0v) is 21.3. The van der Waals surface area contributed by atoms with Gasteiger partial charge in [0, 0.05) is 19.3 Å². The highest BCUT2D eigenvalue weighted by molar-refractivity contribution is 5.70. The van der Waals surface area contributed by atoms with Crippen LogP contribution in [0.15, 0.2) is 12.2 Å². The van der Waals surface area contributed by atoms with E-state index in [2.05, 4.69) is 12.2 Å². The van der Waals surface area contributed by atoms with E-state index >= 15 is 0 Å². The molecule has 0 rings (SSSR count). The van der Waals surface area contributed by atoms with Gasteiger partial charge in [0.05, 0.1) is 43.9 Å². The van der Waals surface area contributed by atoms with Crippen LogP contribution < -0.4 is 0 Å². The molecular weight excluding hydrogens is 422 g/mol. The molecule has 0 aliphatic heterocycles. The van der Waals surface area contributed by atoms with E-state index in [9.17, 15) is 29.7 Å². The Hall–Kier alpha value is -1.89. The zero-order chi connectivity index (χ0) is 25.3. The normalized spacial score (nSPS) is 16.2. The maximum Gasteiger partial charge on any atom is 0.306 e. The van der Waals surface area contributed by atoms with Gasteiger partial charge < -0.3 is 19.8 Å². The minimum atomic E-state index is -0.830. The van der Waals surface area contributed by atoms with Crippen LogP contribution in [0.25, 0.3) is 0 Å². The Morgan fingerprint density at radius 3 is 1.36 bits per heavy atom. The molecule has 7 nitrogen and oxygen atoms in total. The van der Waals surface area contributed by atoms with Crippen molar-refractivity contribution in [3.8, 4) is 0 Å². The Bertz CT molecular complexity index is 544. The monoisotopic (exact) mass is 470 g/mol. The molecule has 0 bridgehead atoms. The summed E-state index contributed by atoms with van der Waals surface area (Å²) in [6, 6.07) is 0. The van der Waals surface area contributed by atoms with Gasteiger partial charge >= 0.3 is 17.9 Å². The van der Waals surface area contributed by atoms with Crippen LogP contribution in [-0.4, -0.2) is 63.9 Å². The van der Waals surface area contributed by atoms with Crippen molar-refractivity contribution in [1.29, 1.82) is 0 Å². The first-order valence-electron chi connectivity index (χ1n) is 12.7. The van der Waals surface area contributed by atoms with Gasteiger partial charge in [0.15, 0.2) is 0 Å².